The summed E-state index contributed by atoms with van der Waals surface area (Å²) in [5, 5.41) is 2.47. The summed E-state index contributed by atoms with van der Waals surface area (Å²) < 4.78 is 0. The standard InChI is InChI=1S/C25H22N4O3S/c30-23(18-29(20-9-3-1-4-10-20)21-11-5-2-6-12-21)27-14-15-28-24(31)22(33-25(28)32)16-19-8-7-13-26-17-19/h1-13,16-17H,14-15,18H2,(H,27,30)/b22-16-. The molecule has 0 bridgehead atoms. The first-order chi connectivity index (χ1) is 16.1. The Morgan fingerprint density at radius 2 is 1.64 bits per heavy atom. The molecule has 1 saturated heterocycles. The van der Waals surface area contributed by atoms with Gasteiger partial charge in [0.05, 0.1) is 4.91 Å². The molecule has 4 rings (SSSR count). The summed E-state index contributed by atoms with van der Waals surface area (Å²) >= 11 is 0.890. The van der Waals surface area contributed by atoms with Gasteiger partial charge in [0.2, 0.25) is 5.91 Å². The van der Waals surface area contributed by atoms with Crippen LogP contribution in [-0.4, -0.2) is 46.6 Å². The lowest BCUT2D eigenvalue weighted by molar-refractivity contribution is -0.123. The van der Waals surface area contributed by atoms with Crippen LogP contribution in [0.1, 0.15) is 5.56 Å². The van der Waals surface area contributed by atoms with Crippen molar-refractivity contribution < 1.29 is 14.4 Å². The number of imide groups is 1. The number of hydrogen-bond acceptors (Lipinski definition) is 6. The molecular formula is C25H22N4O3S. The van der Waals surface area contributed by atoms with E-state index in [2.05, 4.69) is 10.3 Å². The van der Waals surface area contributed by atoms with Crippen molar-refractivity contribution in [3.05, 3.63) is 95.7 Å². The van der Waals surface area contributed by atoms with Crippen molar-refractivity contribution in [3.8, 4) is 0 Å². The largest absolute Gasteiger partial charge is 0.353 e. The Morgan fingerprint density at radius 1 is 0.970 bits per heavy atom. The van der Waals surface area contributed by atoms with Gasteiger partial charge in [-0.25, -0.2) is 0 Å². The smallest absolute Gasteiger partial charge is 0.293 e. The summed E-state index contributed by atoms with van der Waals surface area (Å²) in [7, 11) is 0. The van der Waals surface area contributed by atoms with Crippen LogP contribution in [0.2, 0.25) is 0 Å². The number of aromatic nitrogens is 1. The number of thioether (sulfide) groups is 1. The fourth-order valence-electron chi connectivity index (χ4n) is 3.36. The summed E-state index contributed by atoms with van der Waals surface area (Å²) in [6, 6.07) is 22.9. The maximum atomic E-state index is 12.7. The molecule has 0 unspecified atom stereocenters. The van der Waals surface area contributed by atoms with Gasteiger partial charge < -0.3 is 10.2 Å². The van der Waals surface area contributed by atoms with E-state index in [4.69, 9.17) is 0 Å². The number of hydrogen-bond donors (Lipinski definition) is 1. The lowest BCUT2D eigenvalue weighted by Crippen LogP contribution is -2.40. The number of pyridine rings is 1. The van der Waals surface area contributed by atoms with Crippen molar-refractivity contribution in [2.45, 2.75) is 0 Å². The van der Waals surface area contributed by atoms with Gasteiger partial charge in [0.25, 0.3) is 11.1 Å². The minimum atomic E-state index is -0.363. The van der Waals surface area contributed by atoms with Crippen LogP contribution in [0.3, 0.4) is 0 Å². The highest BCUT2D eigenvalue weighted by Gasteiger charge is 2.34. The molecule has 1 aliphatic heterocycles. The molecular weight excluding hydrogens is 436 g/mol. The van der Waals surface area contributed by atoms with Crippen molar-refractivity contribution in [3.63, 3.8) is 0 Å². The number of benzene rings is 2. The Balaban J connectivity index is 1.35. The molecule has 0 radical (unpaired) electrons. The summed E-state index contributed by atoms with van der Waals surface area (Å²) in [6.07, 6.45) is 4.91. The first-order valence-corrected chi connectivity index (χ1v) is 11.2. The molecule has 1 aliphatic rings. The van der Waals surface area contributed by atoms with E-state index in [0.29, 0.717) is 4.91 Å². The van der Waals surface area contributed by atoms with Gasteiger partial charge in [0, 0.05) is 36.9 Å². The first kappa shape index (κ1) is 22.3. The molecule has 1 N–H and O–H groups in total. The van der Waals surface area contributed by atoms with Crippen molar-refractivity contribution >= 4 is 46.3 Å². The molecule has 166 valence electrons. The summed E-state index contributed by atoms with van der Waals surface area (Å²) in [6.45, 7) is 0.392. The number of amides is 3. The van der Waals surface area contributed by atoms with E-state index in [1.54, 1.807) is 24.5 Å². The first-order valence-electron chi connectivity index (χ1n) is 10.4. The molecule has 1 fully saturated rings. The molecule has 2 aromatic carbocycles. The highest BCUT2D eigenvalue weighted by molar-refractivity contribution is 8.18. The number of carbonyl (C=O) groups is 3. The van der Waals surface area contributed by atoms with E-state index in [9.17, 15) is 14.4 Å². The summed E-state index contributed by atoms with van der Waals surface area (Å²) in [5.41, 5.74) is 2.54. The van der Waals surface area contributed by atoms with Gasteiger partial charge in [-0.3, -0.25) is 24.3 Å². The number of para-hydroxylation sites is 2. The zero-order valence-corrected chi connectivity index (χ0v) is 18.6. The van der Waals surface area contributed by atoms with Gasteiger partial charge >= 0.3 is 0 Å². The van der Waals surface area contributed by atoms with Gasteiger partial charge in [-0.2, -0.15) is 0 Å². The molecule has 0 atom stereocenters. The third-order valence-corrected chi connectivity index (χ3v) is 5.86. The van der Waals surface area contributed by atoms with E-state index < -0.39 is 0 Å². The second-order valence-electron chi connectivity index (χ2n) is 7.23. The number of rotatable bonds is 8. The van der Waals surface area contributed by atoms with Gasteiger partial charge in [0.1, 0.15) is 6.54 Å². The average molecular weight is 459 g/mol. The summed E-state index contributed by atoms with van der Waals surface area (Å²) in [4.78, 5) is 45.0. The quantitative estimate of drug-likeness (QED) is 0.513. The molecule has 3 aromatic rings. The maximum absolute atomic E-state index is 12.7. The van der Waals surface area contributed by atoms with Crippen molar-refractivity contribution in [2.75, 3.05) is 24.5 Å². The van der Waals surface area contributed by atoms with E-state index >= 15 is 0 Å². The number of anilines is 2. The van der Waals surface area contributed by atoms with Crippen LogP contribution in [0, 0.1) is 0 Å². The van der Waals surface area contributed by atoms with Gasteiger partial charge in [-0.1, -0.05) is 42.5 Å². The number of carbonyl (C=O) groups excluding carboxylic acids is 3. The zero-order valence-electron chi connectivity index (χ0n) is 17.8. The molecule has 1 aromatic heterocycles. The van der Waals surface area contributed by atoms with Crippen LogP contribution >= 0.6 is 11.8 Å². The highest BCUT2D eigenvalue weighted by Crippen LogP contribution is 2.31. The number of nitrogens with zero attached hydrogens (tertiary/aromatic N) is 3. The number of nitrogens with one attached hydrogen (secondary N) is 1. The molecule has 0 spiro atoms. The van der Waals surface area contributed by atoms with Crippen LogP contribution in [-0.2, 0) is 9.59 Å². The molecule has 2 heterocycles. The van der Waals surface area contributed by atoms with Crippen LogP contribution in [0.5, 0.6) is 0 Å². The molecule has 0 saturated carbocycles. The third kappa shape index (κ3) is 5.67. The van der Waals surface area contributed by atoms with E-state index in [1.807, 2.05) is 71.6 Å². The van der Waals surface area contributed by atoms with Crippen LogP contribution in [0.15, 0.2) is 90.1 Å². The van der Waals surface area contributed by atoms with E-state index in [1.165, 1.54) is 0 Å². The second-order valence-corrected chi connectivity index (χ2v) is 8.22. The minimum Gasteiger partial charge on any atom is -0.353 e. The fourth-order valence-corrected chi connectivity index (χ4v) is 4.22. The Bertz CT molecular complexity index is 1110. The topological polar surface area (TPSA) is 82.6 Å². The lowest BCUT2D eigenvalue weighted by Gasteiger charge is -2.24. The van der Waals surface area contributed by atoms with Gasteiger partial charge in [0.15, 0.2) is 0 Å². The maximum Gasteiger partial charge on any atom is 0.293 e. The Kier molecular flexibility index (Phi) is 7.16. The molecule has 0 aliphatic carbocycles. The third-order valence-electron chi connectivity index (χ3n) is 4.95. The average Bonchev–Trinajstić information content (AvgIpc) is 3.11. The second kappa shape index (κ2) is 10.6. The zero-order chi connectivity index (χ0) is 23.0. The van der Waals surface area contributed by atoms with Crippen LogP contribution < -0.4 is 10.2 Å². The summed E-state index contributed by atoms with van der Waals surface area (Å²) in [5.74, 6) is -0.570. The molecule has 7 nitrogen and oxygen atoms in total. The van der Waals surface area contributed by atoms with E-state index in [0.717, 1.165) is 33.6 Å². The predicted octanol–water partition coefficient (Wildman–Crippen LogP) is 4.07. The van der Waals surface area contributed by atoms with Gasteiger partial charge in [-0.15, -0.1) is 0 Å². The molecule has 3 amide bonds. The Morgan fingerprint density at radius 3 is 2.24 bits per heavy atom. The van der Waals surface area contributed by atoms with E-state index in [-0.39, 0.29) is 36.7 Å². The monoisotopic (exact) mass is 458 g/mol. The van der Waals surface area contributed by atoms with Crippen molar-refractivity contribution in [1.29, 1.82) is 0 Å². The molecule has 33 heavy (non-hydrogen) atoms. The van der Waals surface area contributed by atoms with Crippen LogP contribution in [0.4, 0.5) is 16.2 Å². The van der Waals surface area contributed by atoms with Crippen molar-refractivity contribution in [1.82, 2.24) is 15.2 Å². The van der Waals surface area contributed by atoms with Crippen molar-refractivity contribution in [2.24, 2.45) is 0 Å². The van der Waals surface area contributed by atoms with Crippen LogP contribution in [0.25, 0.3) is 6.08 Å². The normalized spacial score (nSPS) is 14.5. The Hall–Kier alpha value is -3.91. The fraction of sp³-hybridized carbons (Fsp3) is 0.120. The predicted molar refractivity (Wildman–Crippen MR) is 130 cm³/mol. The van der Waals surface area contributed by atoms with Gasteiger partial charge in [-0.05, 0) is 53.7 Å². The lowest BCUT2D eigenvalue weighted by atomic mass is 10.2. The Labute approximate surface area is 196 Å². The SMILES string of the molecule is O=C(CN(c1ccccc1)c1ccccc1)NCCN1C(=O)S/C(=C\c2cccnc2)C1=O. The highest BCUT2D eigenvalue weighted by atomic mass is 32.2. The molecule has 8 heteroatoms. The minimum absolute atomic E-state index is 0.108.